The van der Waals surface area contributed by atoms with Gasteiger partial charge in [0.25, 0.3) is 0 Å². The van der Waals surface area contributed by atoms with Crippen molar-refractivity contribution in [3.05, 3.63) is 67.1 Å². The summed E-state index contributed by atoms with van der Waals surface area (Å²) in [4.78, 5) is 13.2. The summed E-state index contributed by atoms with van der Waals surface area (Å²) in [6.07, 6.45) is 7.67. The number of fused-ring (bicyclic) bond motifs is 2. The molecule has 36 heavy (non-hydrogen) atoms. The number of rotatable bonds is 7. The summed E-state index contributed by atoms with van der Waals surface area (Å²) in [6.45, 7) is 3.46. The summed E-state index contributed by atoms with van der Waals surface area (Å²) in [7, 11) is 1.88. The molecule has 0 aliphatic carbocycles. The zero-order chi connectivity index (χ0) is 24.6. The number of halogens is 1. The molecule has 4 heterocycles. The van der Waals surface area contributed by atoms with Crippen LogP contribution in [0, 0.1) is 11.7 Å². The van der Waals surface area contributed by atoms with E-state index in [1.807, 2.05) is 25.4 Å². The summed E-state index contributed by atoms with van der Waals surface area (Å²) in [6, 6.07) is 10.8. The molecule has 0 saturated carbocycles. The summed E-state index contributed by atoms with van der Waals surface area (Å²) >= 11 is 0. The van der Waals surface area contributed by atoms with Crippen molar-refractivity contribution in [3.63, 3.8) is 0 Å². The third-order valence-corrected chi connectivity index (χ3v) is 6.58. The molecule has 3 aromatic heterocycles. The highest BCUT2D eigenvalue weighted by Gasteiger charge is 2.30. The molecule has 1 atom stereocenters. The Kier molecular flexibility index (Phi) is 5.69. The molecule has 1 fully saturated rings. The minimum absolute atomic E-state index is 0.0253. The second-order valence-electron chi connectivity index (χ2n) is 8.98. The summed E-state index contributed by atoms with van der Waals surface area (Å²) in [5.74, 6) is 1.03. The lowest BCUT2D eigenvalue weighted by Gasteiger charge is -2.33. The van der Waals surface area contributed by atoms with Gasteiger partial charge in [-0.15, -0.1) is 0 Å². The summed E-state index contributed by atoms with van der Waals surface area (Å²) < 4.78 is 29.1. The van der Waals surface area contributed by atoms with Crippen molar-refractivity contribution >= 4 is 33.3 Å². The maximum atomic E-state index is 15.4. The smallest absolute Gasteiger partial charge is 0.156 e. The standard InChI is InChI=1S/C27H25FN6O2/c1-3-23(18-13-35-14-18)36-24-10-16(17-11-32-34(2)12-17)9-22-25(24)27(31-15-30-22)33-21-7-6-20-19(26(21)28)5-4-8-29-20/h4-12,15,18,23H,3,13-14H2,1-2H3,(H,30,31,33)/t23-/m1/s1. The van der Waals surface area contributed by atoms with Crippen molar-refractivity contribution in [1.29, 1.82) is 0 Å². The Morgan fingerprint density at radius 1 is 1.14 bits per heavy atom. The quantitative estimate of drug-likeness (QED) is 0.337. The van der Waals surface area contributed by atoms with Gasteiger partial charge in [0.2, 0.25) is 0 Å². The first-order valence-corrected chi connectivity index (χ1v) is 11.9. The Morgan fingerprint density at radius 2 is 2.03 bits per heavy atom. The zero-order valence-electron chi connectivity index (χ0n) is 20.0. The second-order valence-corrected chi connectivity index (χ2v) is 8.98. The van der Waals surface area contributed by atoms with Crippen molar-refractivity contribution in [2.45, 2.75) is 19.4 Å². The van der Waals surface area contributed by atoms with Crippen LogP contribution in [0.15, 0.2) is 61.3 Å². The van der Waals surface area contributed by atoms with Crippen molar-refractivity contribution in [1.82, 2.24) is 24.7 Å². The van der Waals surface area contributed by atoms with Crippen LogP contribution in [-0.2, 0) is 11.8 Å². The number of hydrogen-bond donors (Lipinski definition) is 1. The van der Waals surface area contributed by atoms with E-state index in [-0.39, 0.29) is 11.9 Å². The second kappa shape index (κ2) is 9.16. The van der Waals surface area contributed by atoms with E-state index in [9.17, 15) is 0 Å². The molecule has 5 aromatic rings. The number of ether oxygens (including phenoxy) is 2. The number of anilines is 2. The lowest BCUT2D eigenvalue weighted by molar-refractivity contribution is -0.0832. The third kappa shape index (κ3) is 4.01. The Balaban J connectivity index is 1.48. The number of pyridine rings is 1. The van der Waals surface area contributed by atoms with Gasteiger partial charge in [0, 0.05) is 36.3 Å². The molecule has 182 valence electrons. The van der Waals surface area contributed by atoms with Crippen LogP contribution >= 0.6 is 0 Å². The van der Waals surface area contributed by atoms with Crippen LogP contribution in [0.2, 0.25) is 0 Å². The molecule has 9 heteroatoms. The number of hydrogen-bond acceptors (Lipinski definition) is 7. The molecule has 1 N–H and O–H groups in total. The van der Waals surface area contributed by atoms with E-state index >= 15 is 4.39 Å². The zero-order valence-corrected chi connectivity index (χ0v) is 20.0. The summed E-state index contributed by atoms with van der Waals surface area (Å²) in [5, 5.41) is 8.62. The first kappa shape index (κ1) is 22.4. The Bertz CT molecular complexity index is 1570. The molecular formula is C27H25FN6O2. The SMILES string of the molecule is CC[C@@H](Oc1cc(-c2cnn(C)c2)cc2ncnc(Nc3ccc4ncccc4c3F)c12)C1COC1. The molecule has 0 spiro atoms. The van der Waals surface area contributed by atoms with Crippen molar-refractivity contribution < 1.29 is 13.9 Å². The van der Waals surface area contributed by atoms with Crippen molar-refractivity contribution in [3.8, 4) is 16.9 Å². The van der Waals surface area contributed by atoms with Crippen LogP contribution in [0.3, 0.4) is 0 Å². The molecule has 1 saturated heterocycles. The van der Waals surface area contributed by atoms with E-state index in [0.29, 0.717) is 58.2 Å². The van der Waals surface area contributed by atoms with E-state index in [1.54, 1.807) is 41.3 Å². The Labute approximate surface area is 207 Å². The molecule has 8 nitrogen and oxygen atoms in total. The van der Waals surface area contributed by atoms with Crippen molar-refractivity contribution in [2.24, 2.45) is 13.0 Å². The topological polar surface area (TPSA) is 87.0 Å². The van der Waals surface area contributed by atoms with Crippen LogP contribution in [0.5, 0.6) is 5.75 Å². The maximum absolute atomic E-state index is 15.4. The van der Waals surface area contributed by atoms with E-state index < -0.39 is 0 Å². The first-order valence-electron chi connectivity index (χ1n) is 11.9. The van der Waals surface area contributed by atoms with Gasteiger partial charge in [-0.1, -0.05) is 6.92 Å². The number of benzene rings is 2. The molecule has 1 aliphatic rings. The van der Waals surface area contributed by atoms with Gasteiger partial charge < -0.3 is 14.8 Å². The fourth-order valence-corrected chi connectivity index (χ4v) is 4.56. The largest absolute Gasteiger partial charge is 0.489 e. The average Bonchev–Trinajstić information content (AvgIpc) is 3.30. The molecule has 0 unspecified atom stereocenters. The van der Waals surface area contributed by atoms with Gasteiger partial charge in [0.15, 0.2) is 5.82 Å². The first-order chi connectivity index (χ1) is 17.6. The third-order valence-electron chi connectivity index (χ3n) is 6.58. The minimum Gasteiger partial charge on any atom is -0.489 e. The van der Waals surface area contributed by atoms with E-state index in [0.717, 1.165) is 17.5 Å². The molecule has 0 bridgehead atoms. The Hall–Kier alpha value is -4.11. The number of aryl methyl sites for hydroxylation is 1. The van der Waals surface area contributed by atoms with E-state index in [2.05, 4.69) is 32.3 Å². The molecule has 0 radical (unpaired) electrons. The van der Waals surface area contributed by atoms with Gasteiger partial charge in [-0.2, -0.15) is 5.10 Å². The minimum atomic E-state index is -0.389. The van der Waals surface area contributed by atoms with Gasteiger partial charge in [0.1, 0.15) is 24.0 Å². The van der Waals surface area contributed by atoms with Crippen LogP contribution in [0.4, 0.5) is 15.9 Å². The van der Waals surface area contributed by atoms with Gasteiger partial charge in [-0.05, 0) is 48.4 Å². The Morgan fingerprint density at radius 3 is 2.78 bits per heavy atom. The van der Waals surface area contributed by atoms with Gasteiger partial charge in [0.05, 0.1) is 41.5 Å². The average molecular weight is 485 g/mol. The molecule has 1 aliphatic heterocycles. The van der Waals surface area contributed by atoms with Crippen LogP contribution < -0.4 is 10.1 Å². The van der Waals surface area contributed by atoms with E-state index in [1.165, 1.54) is 6.33 Å². The van der Waals surface area contributed by atoms with Gasteiger partial charge in [-0.3, -0.25) is 9.67 Å². The number of nitrogens with zero attached hydrogens (tertiary/aromatic N) is 5. The lowest BCUT2D eigenvalue weighted by Crippen LogP contribution is -2.40. The lowest BCUT2D eigenvalue weighted by atomic mass is 9.98. The fraction of sp³-hybridized carbons (Fsp3) is 0.259. The number of nitrogens with one attached hydrogen (secondary N) is 1. The number of aromatic nitrogens is 5. The monoisotopic (exact) mass is 484 g/mol. The highest BCUT2D eigenvalue weighted by atomic mass is 19.1. The maximum Gasteiger partial charge on any atom is 0.156 e. The van der Waals surface area contributed by atoms with Crippen LogP contribution in [-0.4, -0.2) is 44.1 Å². The predicted molar refractivity (Wildman–Crippen MR) is 136 cm³/mol. The van der Waals surface area contributed by atoms with Crippen LogP contribution in [0.1, 0.15) is 13.3 Å². The molecule has 6 rings (SSSR count). The summed E-state index contributed by atoms with van der Waals surface area (Å²) in [5.41, 5.74) is 3.46. The van der Waals surface area contributed by atoms with Crippen molar-refractivity contribution in [2.75, 3.05) is 18.5 Å². The van der Waals surface area contributed by atoms with Gasteiger partial charge in [-0.25, -0.2) is 14.4 Å². The molecular weight excluding hydrogens is 459 g/mol. The normalized spacial score (nSPS) is 14.6. The molecule has 0 amide bonds. The van der Waals surface area contributed by atoms with Gasteiger partial charge >= 0.3 is 0 Å². The van der Waals surface area contributed by atoms with E-state index in [4.69, 9.17) is 9.47 Å². The highest BCUT2D eigenvalue weighted by Crippen LogP contribution is 2.38. The highest BCUT2D eigenvalue weighted by molar-refractivity contribution is 5.99. The molecule has 2 aromatic carbocycles. The fourth-order valence-electron chi connectivity index (χ4n) is 4.56. The van der Waals surface area contributed by atoms with Crippen LogP contribution in [0.25, 0.3) is 32.9 Å². The predicted octanol–water partition coefficient (Wildman–Crippen LogP) is 5.27.